The minimum Gasteiger partial charge on any atom is -0.396 e. The van der Waals surface area contributed by atoms with Crippen molar-refractivity contribution in [1.29, 1.82) is 0 Å². The fourth-order valence-electron chi connectivity index (χ4n) is 5.33. The average Bonchev–Trinajstić information content (AvgIpc) is 3.27. The van der Waals surface area contributed by atoms with E-state index >= 15 is 0 Å². The van der Waals surface area contributed by atoms with Gasteiger partial charge in [-0.25, -0.2) is 4.39 Å². The van der Waals surface area contributed by atoms with Crippen molar-refractivity contribution in [3.8, 4) is 11.1 Å². The number of benzene rings is 1. The first-order chi connectivity index (χ1) is 15.3. The molecule has 1 aromatic carbocycles. The van der Waals surface area contributed by atoms with E-state index in [4.69, 9.17) is 0 Å². The maximum Gasteiger partial charge on any atom is 0.258 e. The minimum atomic E-state index is -0.435. The Morgan fingerprint density at radius 1 is 1.22 bits per heavy atom. The second kappa shape index (κ2) is 9.13. The van der Waals surface area contributed by atoms with Crippen molar-refractivity contribution < 1.29 is 14.3 Å². The molecule has 172 valence electrons. The molecule has 7 nitrogen and oxygen atoms in total. The number of aromatic nitrogens is 1. The van der Waals surface area contributed by atoms with Crippen molar-refractivity contribution in [2.75, 3.05) is 40.8 Å². The molecular formula is C24H31FN4O3. The fourth-order valence-corrected chi connectivity index (χ4v) is 5.33. The van der Waals surface area contributed by atoms with Crippen LogP contribution in [0.25, 0.3) is 11.1 Å². The summed E-state index contributed by atoms with van der Waals surface area (Å²) < 4.78 is 15.0. The number of likely N-dealkylation sites (N-methyl/N-ethyl adjacent to an activating group) is 1. The van der Waals surface area contributed by atoms with Crippen molar-refractivity contribution >= 4 is 5.91 Å². The number of aliphatic hydroxyl groups excluding tert-OH is 1. The monoisotopic (exact) mass is 442 g/mol. The first kappa shape index (κ1) is 22.6. The van der Waals surface area contributed by atoms with E-state index in [9.17, 15) is 19.1 Å². The van der Waals surface area contributed by atoms with Crippen LogP contribution in [0.15, 0.2) is 41.2 Å². The Labute approximate surface area is 187 Å². The van der Waals surface area contributed by atoms with Crippen molar-refractivity contribution in [2.24, 2.45) is 11.8 Å². The zero-order valence-electron chi connectivity index (χ0n) is 18.8. The first-order valence-corrected chi connectivity index (χ1v) is 11.1. The molecular weight excluding hydrogens is 411 g/mol. The molecule has 0 saturated carbocycles. The van der Waals surface area contributed by atoms with E-state index in [1.165, 1.54) is 12.1 Å². The van der Waals surface area contributed by atoms with Gasteiger partial charge in [-0.2, -0.15) is 0 Å². The molecule has 3 heterocycles. The summed E-state index contributed by atoms with van der Waals surface area (Å²) in [6.07, 6.45) is 0.857. The number of nitrogens with zero attached hydrogens (tertiary/aromatic N) is 3. The van der Waals surface area contributed by atoms with Crippen LogP contribution in [0, 0.1) is 17.7 Å². The number of hydrogen-bond acceptors (Lipinski definition) is 5. The van der Waals surface area contributed by atoms with Gasteiger partial charge < -0.3 is 19.9 Å². The van der Waals surface area contributed by atoms with Crippen molar-refractivity contribution in [3.63, 3.8) is 0 Å². The average molecular weight is 443 g/mol. The number of likely N-dealkylation sites (tertiary alicyclic amines) is 1. The molecule has 1 aromatic heterocycles. The number of fused-ring (bicyclic) bond motifs is 3. The van der Waals surface area contributed by atoms with E-state index in [0.717, 1.165) is 18.7 Å². The Bertz CT molecular complexity index is 1040. The molecule has 0 aliphatic carbocycles. The summed E-state index contributed by atoms with van der Waals surface area (Å²) in [7, 11) is 5.89. The molecule has 2 aliphatic rings. The highest BCUT2D eigenvalue weighted by atomic mass is 19.1. The van der Waals surface area contributed by atoms with Gasteiger partial charge in [0.05, 0.1) is 12.1 Å². The fraction of sp³-hybridized carbons (Fsp3) is 0.500. The van der Waals surface area contributed by atoms with E-state index in [2.05, 4.69) is 10.2 Å². The second-order valence-electron chi connectivity index (χ2n) is 9.11. The van der Waals surface area contributed by atoms with E-state index in [-0.39, 0.29) is 41.8 Å². The van der Waals surface area contributed by atoms with E-state index in [0.29, 0.717) is 24.2 Å². The highest BCUT2D eigenvalue weighted by Crippen LogP contribution is 2.48. The van der Waals surface area contributed by atoms with Crippen LogP contribution in [0.1, 0.15) is 18.2 Å². The molecule has 32 heavy (non-hydrogen) atoms. The highest BCUT2D eigenvalue weighted by molar-refractivity contribution is 5.82. The van der Waals surface area contributed by atoms with Gasteiger partial charge in [-0.1, -0.05) is 12.1 Å². The molecule has 0 radical (unpaired) electrons. The van der Waals surface area contributed by atoms with Gasteiger partial charge in [-0.15, -0.1) is 0 Å². The van der Waals surface area contributed by atoms with Crippen molar-refractivity contribution in [2.45, 2.75) is 25.0 Å². The van der Waals surface area contributed by atoms with Crippen LogP contribution in [0.5, 0.6) is 0 Å². The quantitative estimate of drug-likeness (QED) is 0.633. The Morgan fingerprint density at radius 3 is 2.59 bits per heavy atom. The van der Waals surface area contributed by atoms with E-state index in [1.807, 2.05) is 32.1 Å². The molecule has 4 atom stereocenters. The summed E-state index contributed by atoms with van der Waals surface area (Å²) in [4.78, 5) is 30.3. The van der Waals surface area contributed by atoms with Gasteiger partial charge in [-0.05, 0) is 63.9 Å². The number of amides is 1. The Hall–Kier alpha value is -2.55. The van der Waals surface area contributed by atoms with Gasteiger partial charge >= 0.3 is 0 Å². The Kier molecular flexibility index (Phi) is 6.46. The Morgan fingerprint density at radius 2 is 1.94 bits per heavy atom. The maximum atomic E-state index is 13.3. The smallest absolute Gasteiger partial charge is 0.258 e. The molecule has 8 heteroatoms. The standard InChI is InChI=1S/C24H31FN4O3/c1-27(2)12-4-11-26-23(31)22-19(14-30)18-13-29-20(21(18)28(22)3)10-9-17(24(29)32)15-5-7-16(25)8-6-15/h5-10,18-19,21-22,30H,4,11-14H2,1-3H3,(H,26,31)/t18-,19-,21+,22-/m0/s1. The third-order valence-corrected chi connectivity index (χ3v) is 6.86. The summed E-state index contributed by atoms with van der Waals surface area (Å²) in [5.41, 5.74) is 1.92. The molecule has 1 amide bonds. The van der Waals surface area contributed by atoms with Crippen LogP contribution in [0.2, 0.25) is 0 Å². The number of halogens is 1. The van der Waals surface area contributed by atoms with E-state index in [1.54, 1.807) is 22.8 Å². The summed E-state index contributed by atoms with van der Waals surface area (Å²) in [6.45, 7) is 1.82. The minimum absolute atomic E-state index is 0.0290. The summed E-state index contributed by atoms with van der Waals surface area (Å²) in [5.74, 6) is -0.703. The summed E-state index contributed by atoms with van der Waals surface area (Å²) in [5, 5.41) is 13.2. The van der Waals surface area contributed by atoms with Crippen LogP contribution in [0.4, 0.5) is 4.39 Å². The summed E-state index contributed by atoms with van der Waals surface area (Å²) >= 11 is 0. The predicted octanol–water partition coefficient (Wildman–Crippen LogP) is 1.32. The third kappa shape index (κ3) is 3.98. The zero-order chi connectivity index (χ0) is 23.0. The van der Waals surface area contributed by atoms with Gasteiger partial charge in [0.1, 0.15) is 5.82 Å². The first-order valence-electron chi connectivity index (χ1n) is 11.1. The molecule has 0 spiro atoms. The molecule has 0 unspecified atom stereocenters. The maximum absolute atomic E-state index is 13.3. The number of aliphatic hydroxyl groups is 1. The topological polar surface area (TPSA) is 77.8 Å². The van der Waals surface area contributed by atoms with E-state index < -0.39 is 6.04 Å². The molecule has 4 rings (SSSR count). The second-order valence-corrected chi connectivity index (χ2v) is 9.11. The molecule has 1 fully saturated rings. The molecule has 1 saturated heterocycles. The lowest BCUT2D eigenvalue weighted by atomic mass is 9.88. The number of nitrogens with one attached hydrogen (secondary N) is 1. The van der Waals surface area contributed by atoms with Gasteiger partial charge in [-0.3, -0.25) is 14.5 Å². The third-order valence-electron chi connectivity index (χ3n) is 6.86. The lowest BCUT2D eigenvalue weighted by molar-refractivity contribution is -0.127. The molecule has 2 aromatic rings. The zero-order valence-corrected chi connectivity index (χ0v) is 18.8. The molecule has 2 aliphatic heterocycles. The number of carbonyl (C=O) groups excluding carboxylic acids is 1. The normalized spacial score (nSPS) is 24.6. The number of pyridine rings is 1. The van der Waals surface area contributed by atoms with Crippen LogP contribution in [-0.2, 0) is 11.3 Å². The SMILES string of the molecule is CN(C)CCCNC(=O)[C@@H]1[C@@H](CO)[C@@H]2Cn3c(ccc(-c4ccc(F)cc4)c3=O)[C@@H]2N1C. The van der Waals surface area contributed by atoms with Crippen LogP contribution < -0.4 is 10.9 Å². The predicted molar refractivity (Wildman–Crippen MR) is 121 cm³/mol. The highest BCUT2D eigenvalue weighted by Gasteiger charge is 2.54. The molecule has 0 bridgehead atoms. The lowest BCUT2D eigenvalue weighted by Gasteiger charge is -2.27. The van der Waals surface area contributed by atoms with Crippen molar-refractivity contribution in [3.05, 3.63) is 58.3 Å². The lowest BCUT2D eigenvalue weighted by Crippen LogP contribution is -2.47. The number of carbonyl (C=O) groups is 1. The number of hydrogen-bond donors (Lipinski definition) is 2. The number of rotatable bonds is 7. The largest absolute Gasteiger partial charge is 0.396 e. The van der Waals surface area contributed by atoms with Crippen molar-refractivity contribution in [1.82, 2.24) is 19.7 Å². The molecule has 2 N–H and O–H groups in total. The van der Waals surface area contributed by atoms with Gasteiger partial charge in [0.15, 0.2) is 0 Å². The van der Waals surface area contributed by atoms with Gasteiger partial charge in [0, 0.05) is 42.8 Å². The van der Waals surface area contributed by atoms with Crippen LogP contribution in [-0.4, -0.2) is 72.3 Å². The van der Waals surface area contributed by atoms with Gasteiger partial charge in [0.2, 0.25) is 5.91 Å². The summed E-state index contributed by atoms with van der Waals surface area (Å²) in [6, 6.07) is 9.06. The van der Waals surface area contributed by atoms with Crippen LogP contribution in [0.3, 0.4) is 0 Å². The van der Waals surface area contributed by atoms with Gasteiger partial charge in [0.25, 0.3) is 5.56 Å². The Balaban J connectivity index is 1.57. The van der Waals surface area contributed by atoms with Crippen LogP contribution >= 0.6 is 0 Å².